The summed E-state index contributed by atoms with van der Waals surface area (Å²) in [4.78, 5) is 3.98. The molecule has 7 heteroatoms. The minimum atomic E-state index is -4.39. The van der Waals surface area contributed by atoms with Crippen LogP contribution in [0.3, 0.4) is 0 Å². The summed E-state index contributed by atoms with van der Waals surface area (Å²) in [6.45, 7) is 0. The maximum Gasteiger partial charge on any atom is 0.443 e. The average molecular weight is 351 g/mol. The van der Waals surface area contributed by atoms with Crippen molar-refractivity contribution in [3.05, 3.63) is 50.4 Å². The van der Waals surface area contributed by atoms with Crippen LogP contribution < -0.4 is 5.32 Å². The van der Waals surface area contributed by atoms with Gasteiger partial charge >= 0.3 is 6.18 Å². The third-order valence-electron chi connectivity index (χ3n) is 2.54. The van der Waals surface area contributed by atoms with Crippen molar-refractivity contribution < 1.29 is 13.2 Å². The summed E-state index contributed by atoms with van der Waals surface area (Å²) in [7, 11) is 1.71. The zero-order valence-electron chi connectivity index (χ0n) is 9.83. The Morgan fingerprint density at radius 2 is 1.89 bits per heavy atom. The Labute approximate surface area is 120 Å². The molecular weight excluding hydrogens is 341 g/mol. The highest BCUT2D eigenvalue weighted by atomic mass is 79.9. The Bertz CT molecular complexity index is 551. The van der Waals surface area contributed by atoms with E-state index in [1.807, 2.05) is 24.3 Å². The van der Waals surface area contributed by atoms with Gasteiger partial charge in [0.25, 0.3) is 0 Å². The Morgan fingerprint density at radius 1 is 1.26 bits per heavy atom. The van der Waals surface area contributed by atoms with E-state index in [0.29, 0.717) is 16.2 Å². The second kappa shape index (κ2) is 5.60. The van der Waals surface area contributed by atoms with E-state index in [1.54, 1.807) is 7.05 Å². The maximum absolute atomic E-state index is 12.5. The summed E-state index contributed by atoms with van der Waals surface area (Å²) < 4.78 is 38.6. The maximum atomic E-state index is 12.5. The van der Waals surface area contributed by atoms with Gasteiger partial charge in [-0.2, -0.15) is 13.2 Å². The molecule has 1 atom stereocenters. The van der Waals surface area contributed by atoms with Crippen molar-refractivity contribution in [3.63, 3.8) is 0 Å². The molecule has 0 saturated carbocycles. The van der Waals surface area contributed by atoms with E-state index in [2.05, 4.69) is 26.2 Å². The molecule has 0 radical (unpaired) electrons. The number of nitrogens with one attached hydrogen (secondary N) is 1. The van der Waals surface area contributed by atoms with Gasteiger partial charge in [0.1, 0.15) is 0 Å². The molecule has 0 spiro atoms. The number of hydrogen-bond acceptors (Lipinski definition) is 3. The first kappa shape index (κ1) is 14.5. The predicted octanol–water partition coefficient (Wildman–Crippen LogP) is 4.23. The smallest absolute Gasteiger partial charge is 0.309 e. The van der Waals surface area contributed by atoms with Crippen LogP contribution in [0.4, 0.5) is 13.2 Å². The number of aromatic nitrogens is 1. The quantitative estimate of drug-likeness (QED) is 0.895. The lowest BCUT2D eigenvalue weighted by Crippen LogP contribution is -2.16. The van der Waals surface area contributed by atoms with Gasteiger partial charge in [-0.25, -0.2) is 4.98 Å². The van der Waals surface area contributed by atoms with Crippen molar-refractivity contribution in [1.29, 1.82) is 0 Å². The van der Waals surface area contributed by atoms with Crippen molar-refractivity contribution in [3.8, 4) is 0 Å². The van der Waals surface area contributed by atoms with Gasteiger partial charge < -0.3 is 5.32 Å². The van der Waals surface area contributed by atoms with Gasteiger partial charge in [0.15, 0.2) is 5.01 Å². The third kappa shape index (κ3) is 3.34. The number of alkyl halides is 3. The van der Waals surface area contributed by atoms with Crippen LogP contribution in [0.25, 0.3) is 0 Å². The summed E-state index contributed by atoms with van der Waals surface area (Å²) in [5.74, 6) is 0. The van der Waals surface area contributed by atoms with Gasteiger partial charge in [-0.1, -0.05) is 28.1 Å². The molecule has 2 aromatic rings. The van der Waals surface area contributed by atoms with Gasteiger partial charge in [-0.05, 0) is 24.7 Å². The Balaban J connectivity index is 2.32. The van der Waals surface area contributed by atoms with Gasteiger partial charge in [0, 0.05) is 15.5 Å². The molecule has 0 saturated heterocycles. The number of thiazole rings is 1. The summed E-state index contributed by atoms with van der Waals surface area (Å²) in [5, 5.41) is 2.19. The van der Waals surface area contributed by atoms with E-state index >= 15 is 0 Å². The first-order valence-electron chi connectivity index (χ1n) is 5.37. The zero-order chi connectivity index (χ0) is 14.0. The molecule has 1 N–H and O–H groups in total. The molecule has 0 aliphatic rings. The SMILES string of the molecule is CNC(c1ccc(Br)cc1)c1cnc(C(F)(F)F)s1. The molecule has 0 amide bonds. The van der Waals surface area contributed by atoms with Gasteiger partial charge in [-0.3, -0.25) is 0 Å². The van der Waals surface area contributed by atoms with Crippen molar-refractivity contribution in [1.82, 2.24) is 10.3 Å². The normalized spacial score (nSPS) is 13.5. The van der Waals surface area contributed by atoms with Crippen LogP contribution in [0, 0.1) is 0 Å². The lowest BCUT2D eigenvalue weighted by atomic mass is 10.1. The van der Waals surface area contributed by atoms with E-state index in [4.69, 9.17) is 0 Å². The van der Waals surface area contributed by atoms with Crippen molar-refractivity contribution in [2.75, 3.05) is 7.05 Å². The fourth-order valence-corrected chi connectivity index (χ4v) is 2.87. The molecule has 102 valence electrons. The molecule has 1 aromatic heterocycles. The van der Waals surface area contributed by atoms with E-state index in [-0.39, 0.29) is 6.04 Å². The molecule has 19 heavy (non-hydrogen) atoms. The van der Waals surface area contributed by atoms with Crippen LogP contribution >= 0.6 is 27.3 Å². The molecule has 1 unspecified atom stereocenters. The Morgan fingerprint density at radius 3 is 2.37 bits per heavy atom. The lowest BCUT2D eigenvalue weighted by molar-refractivity contribution is -0.137. The van der Waals surface area contributed by atoms with E-state index < -0.39 is 11.2 Å². The van der Waals surface area contributed by atoms with Crippen molar-refractivity contribution in [2.45, 2.75) is 12.2 Å². The summed E-state index contributed by atoms with van der Waals surface area (Å²) >= 11 is 3.99. The first-order chi connectivity index (χ1) is 8.91. The fraction of sp³-hybridized carbons (Fsp3) is 0.250. The number of rotatable bonds is 3. The van der Waals surface area contributed by atoms with Crippen LogP contribution in [0.1, 0.15) is 21.5 Å². The molecule has 1 heterocycles. The van der Waals surface area contributed by atoms with Crippen molar-refractivity contribution in [2.24, 2.45) is 0 Å². The van der Waals surface area contributed by atoms with E-state index in [1.165, 1.54) is 6.20 Å². The van der Waals surface area contributed by atoms with Gasteiger partial charge in [-0.15, -0.1) is 11.3 Å². The van der Waals surface area contributed by atoms with E-state index in [9.17, 15) is 13.2 Å². The Hall–Kier alpha value is -0.920. The fourth-order valence-electron chi connectivity index (χ4n) is 1.68. The largest absolute Gasteiger partial charge is 0.443 e. The highest BCUT2D eigenvalue weighted by molar-refractivity contribution is 9.10. The predicted molar refractivity (Wildman–Crippen MR) is 72.2 cm³/mol. The van der Waals surface area contributed by atoms with Crippen LogP contribution in [0.5, 0.6) is 0 Å². The first-order valence-corrected chi connectivity index (χ1v) is 6.98. The topological polar surface area (TPSA) is 24.9 Å². The molecule has 1 aromatic carbocycles. The van der Waals surface area contributed by atoms with Crippen molar-refractivity contribution >= 4 is 27.3 Å². The number of hydrogen-bond donors (Lipinski definition) is 1. The minimum absolute atomic E-state index is 0.290. The molecule has 0 bridgehead atoms. The van der Waals surface area contributed by atoms with E-state index in [0.717, 1.165) is 10.0 Å². The number of halogens is 4. The lowest BCUT2D eigenvalue weighted by Gasteiger charge is -2.14. The highest BCUT2D eigenvalue weighted by Crippen LogP contribution is 2.35. The number of benzene rings is 1. The van der Waals surface area contributed by atoms with Crippen LogP contribution in [-0.4, -0.2) is 12.0 Å². The summed E-state index contributed by atoms with van der Waals surface area (Å²) in [5.41, 5.74) is 0.892. The molecule has 0 aliphatic heterocycles. The van der Waals surface area contributed by atoms with Crippen LogP contribution in [0.2, 0.25) is 0 Å². The summed E-state index contributed by atoms with van der Waals surface area (Å²) in [6.07, 6.45) is -3.11. The standard InChI is InChI=1S/C12H10BrF3N2S/c1-17-10(7-2-4-8(13)5-3-7)9-6-18-11(19-9)12(14,15)16/h2-6,10,17H,1H3. The zero-order valence-corrected chi connectivity index (χ0v) is 12.2. The molecular formula is C12H10BrF3N2S. The minimum Gasteiger partial charge on any atom is -0.309 e. The number of nitrogens with zero attached hydrogens (tertiary/aromatic N) is 1. The second-order valence-corrected chi connectivity index (χ2v) is 5.82. The van der Waals surface area contributed by atoms with Crippen LogP contribution in [-0.2, 0) is 6.18 Å². The van der Waals surface area contributed by atoms with Crippen LogP contribution in [0.15, 0.2) is 34.9 Å². The van der Waals surface area contributed by atoms with Gasteiger partial charge in [0.05, 0.1) is 6.04 Å². The Kier molecular flexibility index (Phi) is 4.27. The molecule has 0 aliphatic carbocycles. The van der Waals surface area contributed by atoms with Gasteiger partial charge in [0.2, 0.25) is 0 Å². The third-order valence-corrected chi connectivity index (χ3v) is 4.18. The molecule has 0 fully saturated rings. The molecule has 2 nitrogen and oxygen atoms in total. The summed E-state index contributed by atoms with van der Waals surface area (Å²) in [6, 6.07) is 7.13. The second-order valence-electron chi connectivity index (χ2n) is 3.84. The highest BCUT2D eigenvalue weighted by Gasteiger charge is 2.35. The molecule has 2 rings (SSSR count). The monoisotopic (exact) mass is 350 g/mol. The average Bonchev–Trinajstić information content (AvgIpc) is 2.82.